The summed E-state index contributed by atoms with van der Waals surface area (Å²) in [6.07, 6.45) is 1.13. The molecular weight excluding hydrogens is 429 g/mol. The number of benzene rings is 2. The average molecular weight is 453 g/mol. The third-order valence-electron chi connectivity index (χ3n) is 5.45. The number of carbonyl (C=O) groups is 3. The Morgan fingerprint density at radius 3 is 2.39 bits per heavy atom. The summed E-state index contributed by atoms with van der Waals surface area (Å²) in [4.78, 5) is 42.7. The number of nitrogens with zero attached hydrogens (tertiary/aromatic N) is 3. The third-order valence-corrected chi connectivity index (χ3v) is 5.45. The molecule has 2 aliphatic rings. The Labute approximate surface area is 190 Å². The smallest absolute Gasteiger partial charge is 0.409 e. The van der Waals surface area contributed by atoms with E-state index in [1.165, 1.54) is 35.2 Å². The number of hydrogen-bond donors (Lipinski definition) is 0. The van der Waals surface area contributed by atoms with Crippen LogP contribution in [-0.4, -0.2) is 67.0 Å². The molecule has 4 rings (SSSR count). The van der Waals surface area contributed by atoms with E-state index < -0.39 is 12.0 Å². The van der Waals surface area contributed by atoms with Gasteiger partial charge in [-0.15, -0.1) is 0 Å². The predicted octanol–water partition coefficient (Wildman–Crippen LogP) is 2.89. The first-order chi connectivity index (χ1) is 16.0. The second kappa shape index (κ2) is 9.72. The number of anilines is 1. The van der Waals surface area contributed by atoms with Crippen LogP contribution in [0.4, 0.5) is 14.9 Å². The lowest BCUT2D eigenvalue weighted by molar-refractivity contribution is -0.132. The molecule has 0 saturated carbocycles. The highest BCUT2D eigenvalue weighted by atomic mass is 19.1. The minimum Gasteiger partial charge on any atom is -0.450 e. The molecule has 9 heteroatoms. The fourth-order valence-electron chi connectivity index (χ4n) is 3.72. The standard InChI is InChI=1S/C24H24FN3O5/c1-2-32-24(31)27-13-11-26(12-14-27)22(29)16-28-19-5-3-4-6-20(19)33-21(23(28)30)15-17-7-9-18(25)10-8-17/h3-10,15H,2,11-14,16H2,1H3. The summed E-state index contributed by atoms with van der Waals surface area (Å²) in [5.41, 5.74) is 1.10. The zero-order valence-electron chi connectivity index (χ0n) is 18.2. The van der Waals surface area contributed by atoms with Gasteiger partial charge in [-0.2, -0.15) is 0 Å². The lowest BCUT2D eigenvalue weighted by Gasteiger charge is -2.36. The van der Waals surface area contributed by atoms with E-state index in [-0.39, 0.29) is 24.0 Å². The van der Waals surface area contributed by atoms with Crippen LogP contribution in [0.25, 0.3) is 6.08 Å². The molecule has 33 heavy (non-hydrogen) atoms. The Morgan fingerprint density at radius 1 is 1.03 bits per heavy atom. The maximum absolute atomic E-state index is 13.2. The number of carbonyl (C=O) groups excluding carboxylic acids is 3. The van der Waals surface area contributed by atoms with Gasteiger partial charge in [0.2, 0.25) is 5.91 Å². The summed E-state index contributed by atoms with van der Waals surface area (Å²) in [6, 6.07) is 12.6. The summed E-state index contributed by atoms with van der Waals surface area (Å²) >= 11 is 0. The topological polar surface area (TPSA) is 79.4 Å². The quantitative estimate of drug-likeness (QED) is 0.666. The Bertz CT molecular complexity index is 1080. The second-order valence-corrected chi connectivity index (χ2v) is 7.59. The van der Waals surface area contributed by atoms with Gasteiger partial charge in [-0.1, -0.05) is 24.3 Å². The lowest BCUT2D eigenvalue weighted by Crippen LogP contribution is -2.53. The highest BCUT2D eigenvalue weighted by Gasteiger charge is 2.33. The number of halogens is 1. The Hall–Kier alpha value is -3.88. The van der Waals surface area contributed by atoms with Gasteiger partial charge in [-0.25, -0.2) is 9.18 Å². The number of fused-ring (bicyclic) bond motifs is 1. The van der Waals surface area contributed by atoms with Crippen molar-refractivity contribution < 1.29 is 28.2 Å². The summed E-state index contributed by atoms with van der Waals surface area (Å²) in [5.74, 6) is -0.583. The fraction of sp³-hybridized carbons (Fsp3) is 0.292. The molecule has 0 spiro atoms. The largest absolute Gasteiger partial charge is 0.450 e. The van der Waals surface area contributed by atoms with Crippen LogP contribution in [0.3, 0.4) is 0 Å². The molecule has 0 atom stereocenters. The van der Waals surface area contributed by atoms with Gasteiger partial charge in [-0.3, -0.25) is 14.5 Å². The predicted molar refractivity (Wildman–Crippen MR) is 119 cm³/mol. The van der Waals surface area contributed by atoms with Gasteiger partial charge in [0.1, 0.15) is 12.4 Å². The molecule has 0 bridgehead atoms. The second-order valence-electron chi connectivity index (χ2n) is 7.59. The highest BCUT2D eigenvalue weighted by molar-refractivity contribution is 6.12. The minimum atomic E-state index is -0.462. The van der Waals surface area contributed by atoms with Crippen molar-refractivity contribution in [1.82, 2.24) is 9.80 Å². The number of rotatable bonds is 4. The van der Waals surface area contributed by atoms with E-state index in [2.05, 4.69) is 0 Å². The van der Waals surface area contributed by atoms with Gasteiger partial charge in [-0.05, 0) is 42.8 Å². The molecule has 0 N–H and O–H groups in total. The van der Waals surface area contributed by atoms with E-state index in [1.807, 2.05) is 0 Å². The third kappa shape index (κ3) is 4.97. The summed E-state index contributed by atoms with van der Waals surface area (Å²) in [5, 5.41) is 0. The zero-order chi connectivity index (χ0) is 23.4. The number of piperazine rings is 1. The molecule has 172 valence electrons. The maximum atomic E-state index is 13.2. The van der Waals surface area contributed by atoms with Crippen LogP contribution in [0.2, 0.25) is 0 Å². The molecule has 2 aromatic rings. The van der Waals surface area contributed by atoms with Crippen molar-refractivity contribution in [3.63, 3.8) is 0 Å². The molecule has 0 unspecified atom stereocenters. The van der Waals surface area contributed by atoms with Crippen molar-refractivity contribution in [3.8, 4) is 5.75 Å². The number of para-hydroxylation sites is 2. The molecule has 0 aromatic heterocycles. The minimum absolute atomic E-state index is 0.0419. The Kier molecular flexibility index (Phi) is 6.58. The molecule has 3 amide bonds. The number of amides is 3. The van der Waals surface area contributed by atoms with Gasteiger partial charge in [0, 0.05) is 26.2 Å². The molecule has 0 radical (unpaired) electrons. The summed E-state index contributed by atoms with van der Waals surface area (Å²) < 4.78 is 24.0. The number of ether oxygens (including phenoxy) is 2. The van der Waals surface area contributed by atoms with E-state index in [4.69, 9.17) is 9.47 Å². The molecule has 1 saturated heterocycles. The van der Waals surface area contributed by atoms with Gasteiger partial charge >= 0.3 is 6.09 Å². The van der Waals surface area contributed by atoms with Crippen molar-refractivity contribution in [2.45, 2.75) is 6.92 Å². The van der Waals surface area contributed by atoms with Crippen LogP contribution in [0.1, 0.15) is 12.5 Å². The van der Waals surface area contributed by atoms with Crippen LogP contribution >= 0.6 is 0 Å². The van der Waals surface area contributed by atoms with Crippen LogP contribution in [0, 0.1) is 5.82 Å². The fourth-order valence-corrected chi connectivity index (χ4v) is 3.72. The van der Waals surface area contributed by atoms with Gasteiger partial charge in [0.05, 0.1) is 12.3 Å². The molecule has 2 aliphatic heterocycles. The van der Waals surface area contributed by atoms with Crippen molar-refractivity contribution in [1.29, 1.82) is 0 Å². The molecular formula is C24H24FN3O5. The zero-order valence-corrected chi connectivity index (χ0v) is 18.2. The Balaban J connectivity index is 1.50. The monoisotopic (exact) mass is 453 g/mol. The van der Waals surface area contributed by atoms with Crippen molar-refractivity contribution >= 4 is 29.7 Å². The van der Waals surface area contributed by atoms with Crippen LogP contribution in [0.5, 0.6) is 5.75 Å². The van der Waals surface area contributed by atoms with E-state index in [1.54, 1.807) is 41.0 Å². The molecule has 2 aromatic carbocycles. The number of hydrogen-bond acceptors (Lipinski definition) is 5. The first-order valence-corrected chi connectivity index (χ1v) is 10.7. The highest BCUT2D eigenvalue weighted by Crippen LogP contribution is 2.35. The maximum Gasteiger partial charge on any atom is 0.409 e. The van der Waals surface area contributed by atoms with Crippen LogP contribution < -0.4 is 9.64 Å². The first-order valence-electron chi connectivity index (χ1n) is 10.7. The van der Waals surface area contributed by atoms with Crippen molar-refractivity contribution in [2.24, 2.45) is 0 Å². The van der Waals surface area contributed by atoms with E-state index in [0.717, 1.165) is 0 Å². The molecule has 0 aliphatic carbocycles. The normalized spacial score (nSPS) is 17.0. The average Bonchev–Trinajstić information content (AvgIpc) is 2.83. The Morgan fingerprint density at radius 2 is 1.70 bits per heavy atom. The molecule has 1 fully saturated rings. The SMILES string of the molecule is CCOC(=O)N1CCN(C(=O)CN2C(=O)C(=Cc3ccc(F)cc3)Oc3ccccc32)CC1. The van der Waals surface area contributed by atoms with Crippen LogP contribution in [0.15, 0.2) is 54.3 Å². The van der Waals surface area contributed by atoms with Gasteiger partial charge < -0.3 is 19.3 Å². The van der Waals surface area contributed by atoms with Gasteiger partial charge in [0.25, 0.3) is 5.91 Å². The lowest BCUT2D eigenvalue weighted by atomic mass is 10.1. The van der Waals surface area contributed by atoms with Crippen LogP contribution in [-0.2, 0) is 14.3 Å². The van der Waals surface area contributed by atoms with E-state index in [0.29, 0.717) is 49.8 Å². The van der Waals surface area contributed by atoms with Crippen molar-refractivity contribution in [2.75, 3.05) is 44.2 Å². The summed E-state index contributed by atoms with van der Waals surface area (Å²) in [6.45, 7) is 3.32. The first kappa shape index (κ1) is 22.3. The van der Waals surface area contributed by atoms with Crippen molar-refractivity contribution in [3.05, 3.63) is 65.7 Å². The van der Waals surface area contributed by atoms with Gasteiger partial charge in [0.15, 0.2) is 11.5 Å². The van der Waals surface area contributed by atoms with E-state index in [9.17, 15) is 18.8 Å². The molecule has 8 nitrogen and oxygen atoms in total. The summed E-state index contributed by atoms with van der Waals surface area (Å²) in [7, 11) is 0. The molecule has 2 heterocycles. The van der Waals surface area contributed by atoms with E-state index >= 15 is 0 Å².